The van der Waals surface area contributed by atoms with Gasteiger partial charge in [-0.2, -0.15) is 5.10 Å². The molecule has 0 amide bonds. The third kappa shape index (κ3) is 1.98. The van der Waals surface area contributed by atoms with Crippen molar-refractivity contribution in [1.29, 1.82) is 0 Å². The molecule has 0 spiro atoms. The van der Waals surface area contributed by atoms with E-state index in [1.807, 2.05) is 6.92 Å². The van der Waals surface area contributed by atoms with Gasteiger partial charge < -0.3 is 10.2 Å². The summed E-state index contributed by atoms with van der Waals surface area (Å²) in [7, 11) is 0. The van der Waals surface area contributed by atoms with Gasteiger partial charge in [-0.25, -0.2) is 4.98 Å². The number of piperazine rings is 1. The Bertz CT molecular complexity index is 295. The number of hydrogen-bond donors (Lipinski definition) is 1. The van der Waals surface area contributed by atoms with Crippen LogP contribution in [-0.4, -0.2) is 41.4 Å². The van der Waals surface area contributed by atoms with Crippen molar-refractivity contribution in [3.05, 3.63) is 12.0 Å². The summed E-state index contributed by atoms with van der Waals surface area (Å²) in [6, 6.07) is 0. The maximum atomic E-state index is 4.44. The average Bonchev–Trinajstić information content (AvgIpc) is 2.30. The summed E-state index contributed by atoms with van der Waals surface area (Å²) >= 11 is 0. The van der Waals surface area contributed by atoms with Crippen LogP contribution in [0.25, 0.3) is 0 Å². The summed E-state index contributed by atoms with van der Waals surface area (Å²) < 4.78 is 0. The van der Waals surface area contributed by atoms with Gasteiger partial charge in [0.1, 0.15) is 0 Å². The van der Waals surface area contributed by atoms with Gasteiger partial charge >= 0.3 is 0 Å². The summed E-state index contributed by atoms with van der Waals surface area (Å²) in [5, 5.41) is 11.2. The van der Waals surface area contributed by atoms with Crippen LogP contribution in [0.5, 0.6) is 0 Å². The van der Waals surface area contributed by atoms with Crippen molar-refractivity contribution in [1.82, 2.24) is 20.5 Å². The fraction of sp³-hybridized carbons (Fsp3) is 0.667. The Morgan fingerprint density at radius 3 is 2.93 bits per heavy atom. The molecule has 0 radical (unpaired) electrons. The van der Waals surface area contributed by atoms with Gasteiger partial charge in [-0.3, -0.25) is 0 Å². The third-order valence-electron chi connectivity index (χ3n) is 2.35. The highest BCUT2D eigenvalue weighted by Gasteiger charge is 2.12. The number of hydrogen-bond acceptors (Lipinski definition) is 5. The SMILES string of the molecule is CCc1nncc(N2CCNCC2)n1. The van der Waals surface area contributed by atoms with E-state index in [0.29, 0.717) is 0 Å². The van der Waals surface area contributed by atoms with Crippen LogP contribution in [0.1, 0.15) is 12.7 Å². The summed E-state index contributed by atoms with van der Waals surface area (Å²) in [5.41, 5.74) is 0. The lowest BCUT2D eigenvalue weighted by Crippen LogP contribution is -2.44. The largest absolute Gasteiger partial charge is 0.353 e. The molecule has 0 unspecified atom stereocenters. The Morgan fingerprint density at radius 1 is 1.43 bits per heavy atom. The van der Waals surface area contributed by atoms with Gasteiger partial charge in [-0.1, -0.05) is 6.92 Å². The molecular weight excluding hydrogens is 178 g/mol. The maximum absolute atomic E-state index is 4.44. The lowest BCUT2D eigenvalue weighted by molar-refractivity contribution is 0.581. The van der Waals surface area contributed by atoms with Crippen molar-refractivity contribution >= 4 is 5.82 Å². The second-order valence-corrected chi connectivity index (χ2v) is 3.32. The van der Waals surface area contributed by atoms with Crippen LogP contribution in [0.4, 0.5) is 5.82 Å². The lowest BCUT2D eigenvalue weighted by Gasteiger charge is -2.27. The molecule has 2 rings (SSSR count). The topological polar surface area (TPSA) is 53.9 Å². The zero-order chi connectivity index (χ0) is 9.80. The summed E-state index contributed by atoms with van der Waals surface area (Å²) in [6.07, 6.45) is 2.58. The Hall–Kier alpha value is -1.23. The molecule has 1 fully saturated rings. The highest BCUT2D eigenvalue weighted by Crippen LogP contribution is 2.08. The molecule has 14 heavy (non-hydrogen) atoms. The molecule has 0 atom stereocenters. The van der Waals surface area contributed by atoms with E-state index >= 15 is 0 Å². The van der Waals surface area contributed by atoms with Crippen molar-refractivity contribution in [2.45, 2.75) is 13.3 Å². The zero-order valence-corrected chi connectivity index (χ0v) is 8.40. The highest BCUT2D eigenvalue weighted by atomic mass is 15.3. The van der Waals surface area contributed by atoms with E-state index in [4.69, 9.17) is 0 Å². The third-order valence-corrected chi connectivity index (χ3v) is 2.35. The molecular formula is C9H15N5. The minimum Gasteiger partial charge on any atom is -0.353 e. The Labute approximate surface area is 83.6 Å². The number of anilines is 1. The zero-order valence-electron chi connectivity index (χ0n) is 8.40. The van der Waals surface area contributed by atoms with Crippen LogP contribution < -0.4 is 10.2 Å². The second kappa shape index (κ2) is 4.32. The molecule has 5 nitrogen and oxygen atoms in total. The summed E-state index contributed by atoms with van der Waals surface area (Å²) in [5.74, 6) is 1.78. The molecule has 1 aromatic rings. The molecule has 1 aliphatic heterocycles. The first kappa shape index (κ1) is 9.33. The van der Waals surface area contributed by atoms with Gasteiger partial charge in [-0.05, 0) is 0 Å². The number of nitrogens with one attached hydrogen (secondary N) is 1. The molecule has 1 aliphatic rings. The Balaban J connectivity index is 2.13. The van der Waals surface area contributed by atoms with Crippen LogP contribution in [0.3, 0.4) is 0 Å². The summed E-state index contributed by atoms with van der Waals surface area (Å²) in [4.78, 5) is 6.68. The van der Waals surface area contributed by atoms with Crippen LogP contribution in [0.2, 0.25) is 0 Å². The molecule has 0 aromatic carbocycles. The quantitative estimate of drug-likeness (QED) is 0.707. The normalized spacial score (nSPS) is 17.1. The first-order chi connectivity index (χ1) is 6.90. The lowest BCUT2D eigenvalue weighted by atomic mass is 10.3. The number of aryl methyl sites for hydroxylation is 1. The number of rotatable bonds is 2. The van der Waals surface area contributed by atoms with E-state index < -0.39 is 0 Å². The van der Waals surface area contributed by atoms with Gasteiger partial charge in [0.25, 0.3) is 0 Å². The van der Waals surface area contributed by atoms with Crippen LogP contribution in [-0.2, 0) is 6.42 Å². The van der Waals surface area contributed by atoms with E-state index in [2.05, 4.69) is 25.4 Å². The fourth-order valence-corrected chi connectivity index (χ4v) is 1.53. The van der Waals surface area contributed by atoms with Gasteiger partial charge in [-0.15, -0.1) is 5.10 Å². The monoisotopic (exact) mass is 193 g/mol. The number of aromatic nitrogens is 3. The van der Waals surface area contributed by atoms with Crippen LogP contribution in [0.15, 0.2) is 6.20 Å². The van der Waals surface area contributed by atoms with E-state index in [1.165, 1.54) is 0 Å². The molecule has 1 N–H and O–H groups in total. The van der Waals surface area contributed by atoms with Crippen molar-refractivity contribution in [3.8, 4) is 0 Å². The molecule has 0 saturated carbocycles. The van der Waals surface area contributed by atoms with E-state index in [0.717, 1.165) is 44.2 Å². The van der Waals surface area contributed by atoms with E-state index in [9.17, 15) is 0 Å². The first-order valence-corrected chi connectivity index (χ1v) is 5.04. The van der Waals surface area contributed by atoms with Crippen LogP contribution >= 0.6 is 0 Å². The standard InChI is InChI=1S/C9H15N5/c1-2-8-12-9(7-11-13-8)14-5-3-10-4-6-14/h7,10H,2-6H2,1H3. The highest BCUT2D eigenvalue weighted by molar-refractivity contribution is 5.35. The molecule has 2 heterocycles. The minimum atomic E-state index is 0.820. The average molecular weight is 193 g/mol. The van der Waals surface area contributed by atoms with Crippen molar-refractivity contribution < 1.29 is 0 Å². The molecule has 0 bridgehead atoms. The fourth-order valence-electron chi connectivity index (χ4n) is 1.53. The molecule has 0 aliphatic carbocycles. The Morgan fingerprint density at radius 2 is 2.21 bits per heavy atom. The molecule has 76 valence electrons. The predicted molar refractivity (Wildman–Crippen MR) is 54.3 cm³/mol. The first-order valence-electron chi connectivity index (χ1n) is 5.04. The number of nitrogens with zero attached hydrogens (tertiary/aromatic N) is 4. The smallest absolute Gasteiger partial charge is 0.153 e. The van der Waals surface area contributed by atoms with Crippen LogP contribution in [0, 0.1) is 0 Å². The minimum absolute atomic E-state index is 0.820. The van der Waals surface area contributed by atoms with Crippen molar-refractivity contribution in [2.24, 2.45) is 0 Å². The predicted octanol–water partition coefficient (Wildman–Crippen LogP) is -0.156. The van der Waals surface area contributed by atoms with Crippen molar-refractivity contribution in [3.63, 3.8) is 0 Å². The second-order valence-electron chi connectivity index (χ2n) is 3.32. The van der Waals surface area contributed by atoms with Gasteiger partial charge in [0.05, 0.1) is 6.20 Å². The van der Waals surface area contributed by atoms with Crippen molar-refractivity contribution in [2.75, 3.05) is 31.1 Å². The van der Waals surface area contributed by atoms with Gasteiger partial charge in [0.15, 0.2) is 11.6 Å². The molecule has 1 aromatic heterocycles. The summed E-state index contributed by atoms with van der Waals surface area (Å²) in [6.45, 7) is 6.08. The van der Waals surface area contributed by atoms with E-state index in [-0.39, 0.29) is 0 Å². The van der Waals surface area contributed by atoms with Gasteiger partial charge in [0.2, 0.25) is 0 Å². The Kier molecular flexibility index (Phi) is 2.88. The molecule has 1 saturated heterocycles. The van der Waals surface area contributed by atoms with E-state index in [1.54, 1.807) is 6.20 Å². The maximum Gasteiger partial charge on any atom is 0.153 e. The van der Waals surface area contributed by atoms with Gasteiger partial charge in [0, 0.05) is 32.6 Å². The molecule has 5 heteroatoms.